The molecule has 19 heavy (non-hydrogen) atoms. The van der Waals surface area contributed by atoms with E-state index in [0.29, 0.717) is 11.6 Å². The van der Waals surface area contributed by atoms with Gasteiger partial charge in [-0.2, -0.15) is 0 Å². The smallest absolute Gasteiger partial charge is 0.277 e. The fraction of sp³-hybridized carbons (Fsp3) is 0.214. The third kappa shape index (κ3) is 2.59. The van der Waals surface area contributed by atoms with Crippen LogP contribution in [0.5, 0.6) is 0 Å². The average molecular weight is 257 g/mol. The lowest BCUT2D eigenvalue weighted by atomic mass is 10.1. The van der Waals surface area contributed by atoms with E-state index in [0.717, 1.165) is 18.4 Å². The van der Waals surface area contributed by atoms with Gasteiger partial charge in [0.1, 0.15) is 0 Å². The summed E-state index contributed by atoms with van der Waals surface area (Å²) in [4.78, 5) is 19.7. The molecule has 1 amide bonds. The maximum Gasteiger partial charge on any atom is 0.277 e. The second-order valence-electron chi connectivity index (χ2n) is 4.56. The Morgan fingerprint density at radius 2 is 2.05 bits per heavy atom. The summed E-state index contributed by atoms with van der Waals surface area (Å²) >= 11 is 0. The maximum atomic E-state index is 13.9. The standard InChI is InChI=1S/C14H12FN3O/c15-12-7-10(9-1-2-9)8-17-13(12)14(19)18-11-3-5-16-6-4-11/h3-9H,1-2H2,(H,16,18,19). The molecule has 2 aromatic heterocycles. The maximum absolute atomic E-state index is 13.9. The van der Waals surface area contributed by atoms with E-state index in [9.17, 15) is 9.18 Å². The van der Waals surface area contributed by atoms with Gasteiger partial charge >= 0.3 is 0 Å². The predicted molar refractivity (Wildman–Crippen MR) is 68.4 cm³/mol. The average Bonchev–Trinajstić information content (AvgIpc) is 3.24. The molecule has 4 nitrogen and oxygen atoms in total. The number of nitrogens with zero attached hydrogens (tertiary/aromatic N) is 2. The molecule has 0 bridgehead atoms. The van der Waals surface area contributed by atoms with E-state index in [-0.39, 0.29) is 5.69 Å². The van der Waals surface area contributed by atoms with Gasteiger partial charge in [0, 0.05) is 24.3 Å². The summed E-state index contributed by atoms with van der Waals surface area (Å²) in [5.41, 5.74) is 1.26. The number of carbonyl (C=O) groups is 1. The van der Waals surface area contributed by atoms with Gasteiger partial charge in [-0.15, -0.1) is 0 Å². The van der Waals surface area contributed by atoms with Crippen molar-refractivity contribution in [3.05, 3.63) is 53.9 Å². The first-order valence-electron chi connectivity index (χ1n) is 6.11. The van der Waals surface area contributed by atoms with Crippen molar-refractivity contribution in [1.82, 2.24) is 9.97 Å². The Kier molecular flexibility index (Phi) is 2.95. The summed E-state index contributed by atoms with van der Waals surface area (Å²) in [6.45, 7) is 0. The summed E-state index contributed by atoms with van der Waals surface area (Å²) in [6, 6.07) is 4.68. The van der Waals surface area contributed by atoms with Gasteiger partial charge in [0.15, 0.2) is 11.5 Å². The van der Waals surface area contributed by atoms with Crippen LogP contribution < -0.4 is 5.32 Å². The van der Waals surface area contributed by atoms with Gasteiger partial charge in [0.25, 0.3) is 5.91 Å². The highest BCUT2D eigenvalue weighted by atomic mass is 19.1. The van der Waals surface area contributed by atoms with Crippen molar-refractivity contribution in [3.63, 3.8) is 0 Å². The highest BCUT2D eigenvalue weighted by molar-refractivity contribution is 6.02. The van der Waals surface area contributed by atoms with E-state index in [1.54, 1.807) is 30.7 Å². The molecule has 1 fully saturated rings. The zero-order valence-electron chi connectivity index (χ0n) is 10.1. The minimum absolute atomic E-state index is 0.179. The van der Waals surface area contributed by atoms with Crippen molar-refractivity contribution >= 4 is 11.6 Å². The summed E-state index contributed by atoms with van der Waals surface area (Å²) < 4.78 is 13.9. The summed E-state index contributed by atoms with van der Waals surface area (Å²) in [6.07, 6.45) is 6.83. The van der Waals surface area contributed by atoms with E-state index >= 15 is 0 Å². The molecule has 1 aliphatic carbocycles. The SMILES string of the molecule is O=C(Nc1ccncc1)c1ncc(C2CC2)cc1F. The summed E-state index contributed by atoms with van der Waals surface area (Å²) in [5.74, 6) is -0.707. The molecular formula is C14H12FN3O. The molecule has 0 atom stereocenters. The Morgan fingerprint density at radius 3 is 2.68 bits per heavy atom. The van der Waals surface area contributed by atoms with Crippen molar-refractivity contribution in [2.45, 2.75) is 18.8 Å². The first-order valence-corrected chi connectivity index (χ1v) is 6.11. The van der Waals surface area contributed by atoms with Crippen LogP contribution in [0.3, 0.4) is 0 Å². The molecule has 0 unspecified atom stereocenters. The van der Waals surface area contributed by atoms with Crippen LogP contribution in [0.25, 0.3) is 0 Å². The lowest BCUT2D eigenvalue weighted by Crippen LogP contribution is -2.16. The Hall–Kier alpha value is -2.30. The first kappa shape index (κ1) is 11.8. The number of aromatic nitrogens is 2. The number of carbonyl (C=O) groups excluding carboxylic acids is 1. The van der Waals surface area contributed by atoms with Gasteiger partial charge in [0.05, 0.1) is 0 Å². The van der Waals surface area contributed by atoms with Crippen molar-refractivity contribution < 1.29 is 9.18 Å². The molecule has 2 aromatic rings. The molecule has 0 spiro atoms. The molecule has 0 aromatic carbocycles. The largest absolute Gasteiger partial charge is 0.320 e. The number of hydrogen-bond acceptors (Lipinski definition) is 3. The molecule has 0 saturated heterocycles. The Morgan fingerprint density at radius 1 is 1.32 bits per heavy atom. The monoisotopic (exact) mass is 257 g/mol. The predicted octanol–water partition coefficient (Wildman–Crippen LogP) is 2.75. The minimum atomic E-state index is -0.573. The van der Waals surface area contributed by atoms with E-state index in [1.165, 1.54) is 6.07 Å². The van der Waals surface area contributed by atoms with Crippen molar-refractivity contribution in [3.8, 4) is 0 Å². The molecule has 1 N–H and O–H groups in total. The molecule has 96 valence electrons. The van der Waals surface area contributed by atoms with E-state index in [2.05, 4.69) is 15.3 Å². The van der Waals surface area contributed by atoms with Crippen LogP contribution in [0.1, 0.15) is 34.8 Å². The van der Waals surface area contributed by atoms with E-state index in [4.69, 9.17) is 0 Å². The number of amides is 1. The normalized spacial score (nSPS) is 14.2. The Bertz CT molecular complexity index is 611. The highest BCUT2D eigenvalue weighted by Crippen LogP contribution is 2.39. The van der Waals surface area contributed by atoms with Crippen LogP contribution in [0.15, 0.2) is 36.8 Å². The fourth-order valence-corrected chi connectivity index (χ4v) is 1.89. The van der Waals surface area contributed by atoms with E-state index < -0.39 is 11.7 Å². The van der Waals surface area contributed by atoms with Crippen LogP contribution in [-0.2, 0) is 0 Å². The number of hydrogen-bond donors (Lipinski definition) is 1. The van der Waals surface area contributed by atoms with Gasteiger partial charge in [-0.1, -0.05) is 0 Å². The summed E-state index contributed by atoms with van der Waals surface area (Å²) in [7, 11) is 0. The topological polar surface area (TPSA) is 54.9 Å². The van der Waals surface area contributed by atoms with Gasteiger partial charge in [-0.3, -0.25) is 9.78 Å². The quantitative estimate of drug-likeness (QED) is 0.919. The molecule has 0 radical (unpaired) electrons. The van der Waals surface area contributed by atoms with Gasteiger partial charge in [0.2, 0.25) is 0 Å². The number of anilines is 1. The minimum Gasteiger partial charge on any atom is -0.320 e. The lowest BCUT2D eigenvalue weighted by Gasteiger charge is -2.06. The van der Waals surface area contributed by atoms with Crippen molar-refractivity contribution in [2.75, 3.05) is 5.32 Å². The second kappa shape index (κ2) is 4.76. The summed E-state index contributed by atoms with van der Waals surface area (Å²) in [5, 5.41) is 2.58. The van der Waals surface area contributed by atoms with Crippen molar-refractivity contribution in [2.24, 2.45) is 0 Å². The first-order chi connectivity index (χ1) is 9.24. The zero-order valence-corrected chi connectivity index (χ0v) is 10.1. The number of halogens is 1. The number of nitrogens with one attached hydrogen (secondary N) is 1. The molecule has 5 heteroatoms. The van der Waals surface area contributed by atoms with Crippen LogP contribution in [0, 0.1) is 5.82 Å². The molecule has 1 saturated carbocycles. The molecule has 3 rings (SSSR count). The third-order valence-electron chi connectivity index (χ3n) is 3.06. The molecule has 2 heterocycles. The Balaban J connectivity index is 1.79. The molecular weight excluding hydrogens is 245 g/mol. The lowest BCUT2D eigenvalue weighted by molar-refractivity contribution is 0.101. The number of rotatable bonds is 3. The molecule has 1 aliphatic rings. The van der Waals surface area contributed by atoms with Gasteiger partial charge < -0.3 is 5.32 Å². The van der Waals surface area contributed by atoms with Crippen LogP contribution in [-0.4, -0.2) is 15.9 Å². The van der Waals surface area contributed by atoms with Gasteiger partial charge in [-0.25, -0.2) is 9.37 Å². The van der Waals surface area contributed by atoms with Gasteiger partial charge in [-0.05, 0) is 42.5 Å². The fourth-order valence-electron chi connectivity index (χ4n) is 1.89. The Labute approximate surface area is 109 Å². The zero-order chi connectivity index (χ0) is 13.2. The third-order valence-corrected chi connectivity index (χ3v) is 3.06. The second-order valence-corrected chi connectivity index (χ2v) is 4.56. The van der Waals surface area contributed by atoms with Crippen LogP contribution in [0.2, 0.25) is 0 Å². The number of pyridine rings is 2. The van der Waals surface area contributed by atoms with Crippen LogP contribution >= 0.6 is 0 Å². The molecule has 0 aliphatic heterocycles. The highest BCUT2D eigenvalue weighted by Gasteiger charge is 2.25. The van der Waals surface area contributed by atoms with E-state index in [1.807, 2.05) is 0 Å². The van der Waals surface area contributed by atoms with Crippen molar-refractivity contribution in [1.29, 1.82) is 0 Å². The van der Waals surface area contributed by atoms with Crippen LogP contribution in [0.4, 0.5) is 10.1 Å².